The average molecular weight is 298 g/mol. The molecule has 0 saturated heterocycles. The van der Waals surface area contributed by atoms with E-state index in [1.165, 1.54) is 12.1 Å². The number of aromatic nitrogens is 2. The topological polar surface area (TPSA) is 56.0 Å². The zero-order valence-corrected chi connectivity index (χ0v) is 11.4. The number of Topliss-reactive ketones (excluding diaryl/α,β-unsaturated/α-hetero) is 1. The van der Waals surface area contributed by atoms with Crippen molar-refractivity contribution >= 4 is 5.78 Å². The van der Waals surface area contributed by atoms with Crippen LogP contribution in [0, 0.1) is 0 Å². The predicted octanol–water partition coefficient (Wildman–Crippen LogP) is 3.84. The van der Waals surface area contributed by atoms with Gasteiger partial charge in [0.15, 0.2) is 0 Å². The minimum absolute atomic E-state index is 0.0341. The summed E-state index contributed by atoms with van der Waals surface area (Å²) in [5, 5.41) is 3.64. The lowest BCUT2D eigenvalue weighted by Crippen LogP contribution is -2.07. The van der Waals surface area contributed by atoms with Crippen LogP contribution in [0.1, 0.15) is 37.6 Å². The number of alkyl halides is 3. The van der Waals surface area contributed by atoms with Crippen LogP contribution in [0.25, 0.3) is 11.4 Å². The lowest BCUT2D eigenvalue weighted by atomic mass is 10.1. The van der Waals surface area contributed by atoms with Crippen LogP contribution in [0.5, 0.6) is 0 Å². The maximum absolute atomic E-state index is 12.7. The first-order chi connectivity index (χ1) is 9.82. The molecule has 0 bridgehead atoms. The van der Waals surface area contributed by atoms with Crippen molar-refractivity contribution in [3.05, 3.63) is 35.7 Å². The Labute approximate surface area is 119 Å². The summed E-state index contributed by atoms with van der Waals surface area (Å²) in [5.41, 5.74) is -0.597. The van der Waals surface area contributed by atoms with E-state index in [-0.39, 0.29) is 23.1 Å². The third kappa shape index (κ3) is 3.29. The fourth-order valence-corrected chi connectivity index (χ4v) is 1.81. The maximum atomic E-state index is 12.7. The van der Waals surface area contributed by atoms with E-state index in [0.717, 1.165) is 12.1 Å². The maximum Gasteiger partial charge on any atom is 0.416 e. The molecule has 21 heavy (non-hydrogen) atoms. The number of nitrogens with zero attached hydrogens (tertiary/aromatic N) is 2. The fourth-order valence-electron chi connectivity index (χ4n) is 1.81. The molecule has 1 heterocycles. The van der Waals surface area contributed by atoms with Crippen LogP contribution in [0.3, 0.4) is 0 Å². The number of hydrogen-bond acceptors (Lipinski definition) is 4. The van der Waals surface area contributed by atoms with Gasteiger partial charge in [-0.1, -0.05) is 24.2 Å². The molecule has 0 spiro atoms. The molecule has 0 radical (unpaired) electrons. The highest BCUT2D eigenvalue weighted by Crippen LogP contribution is 2.31. The molecular formula is C14H13F3N2O2. The molecule has 0 amide bonds. The lowest BCUT2D eigenvalue weighted by Gasteiger charge is -2.06. The summed E-state index contributed by atoms with van der Waals surface area (Å²) in [6.07, 6.45) is -4.11. The van der Waals surface area contributed by atoms with Crippen molar-refractivity contribution in [1.82, 2.24) is 10.1 Å². The minimum Gasteiger partial charge on any atom is -0.338 e. The Hall–Kier alpha value is -2.18. The first-order valence-electron chi connectivity index (χ1n) is 6.37. The van der Waals surface area contributed by atoms with E-state index >= 15 is 0 Å². The molecule has 2 aromatic rings. The third-order valence-electron chi connectivity index (χ3n) is 3.09. The van der Waals surface area contributed by atoms with Crippen LogP contribution in [0.2, 0.25) is 0 Å². The monoisotopic (exact) mass is 298 g/mol. The Bertz CT molecular complexity index is 650. The number of ketones is 1. The Morgan fingerprint density at radius 3 is 2.71 bits per heavy atom. The third-order valence-corrected chi connectivity index (χ3v) is 3.09. The molecule has 2 rings (SSSR count). The van der Waals surface area contributed by atoms with Gasteiger partial charge in [0.2, 0.25) is 11.7 Å². The minimum atomic E-state index is -4.44. The van der Waals surface area contributed by atoms with E-state index in [4.69, 9.17) is 4.52 Å². The summed E-state index contributed by atoms with van der Waals surface area (Å²) >= 11 is 0. The molecule has 1 atom stereocenters. The Morgan fingerprint density at radius 2 is 2.10 bits per heavy atom. The van der Waals surface area contributed by atoms with Gasteiger partial charge in [-0.25, -0.2) is 0 Å². The Kier molecular flexibility index (Phi) is 4.11. The number of halogens is 3. The van der Waals surface area contributed by atoms with E-state index in [2.05, 4.69) is 10.1 Å². The van der Waals surface area contributed by atoms with Crippen molar-refractivity contribution in [2.75, 3.05) is 0 Å². The largest absolute Gasteiger partial charge is 0.416 e. The van der Waals surface area contributed by atoms with Gasteiger partial charge in [-0.2, -0.15) is 18.2 Å². The first kappa shape index (κ1) is 15.2. The Balaban J connectivity index is 2.32. The van der Waals surface area contributed by atoms with Crippen molar-refractivity contribution in [3.63, 3.8) is 0 Å². The highest BCUT2D eigenvalue weighted by Gasteiger charge is 2.31. The number of carbonyl (C=O) groups is 1. The smallest absolute Gasteiger partial charge is 0.338 e. The fraction of sp³-hybridized carbons (Fsp3) is 0.357. The molecule has 1 aromatic heterocycles. The van der Waals surface area contributed by atoms with Crippen molar-refractivity contribution < 1.29 is 22.5 Å². The summed E-state index contributed by atoms with van der Waals surface area (Å²) in [5.74, 6) is -0.502. The molecule has 0 aliphatic carbocycles. The van der Waals surface area contributed by atoms with Gasteiger partial charge in [0, 0.05) is 12.0 Å². The van der Waals surface area contributed by atoms with Gasteiger partial charge < -0.3 is 4.52 Å². The van der Waals surface area contributed by atoms with Crippen molar-refractivity contribution in [2.45, 2.75) is 32.4 Å². The molecular weight excluding hydrogens is 285 g/mol. The first-order valence-corrected chi connectivity index (χ1v) is 6.37. The van der Waals surface area contributed by atoms with Crippen LogP contribution in [0.4, 0.5) is 13.2 Å². The molecule has 0 fully saturated rings. The number of carbonyl (C=O) groups excluding carboxylic acids is 1. The molecule has 112 valence electrons. The number of benzene rings is 1. The van der Waals surface area contributed by atoms with Crippen LogP contribution in [-0.4, -0.2) is 15.9 Å². The quantitative estimate of drug-likeness (QED) is 0.860. The standard InChI is InChI=1S/C14H13F3N2O2/c1-3-11(20)8(2)13-18-12(19-21-13)9-5-4-6-10(7-9)14(15,16)17/h4-8H,3H2,1-2H3. The van der Waals surface area contributed by atoms with Crippen LogP contribution < -0.4 is 0 Å². The van der Waals surface area contributed by atoms with Crippen molar-refractivity contribution in [2.24, 2.45) is 0 Å². The van der Waals surface area contributed by atoms with Crippen LogP contribution >= 0.6 is 0 Å². The van der Waals surface area contributed by atoms with Gasteiger partial charge in [-0.15, -0.1) is 0 Å². The molecule has 4 nitrogen and oxygen atoms in total. The molecule has 0 aliphatic heterocycles. The highest BCUT2D eigenvalue weighted by molar-refractivity contribution is 5.84. The summed E-state index contributed by atoms with van der Waals surface area (Å²) in [7, 11) is 0. The zero-order valence-electron chi connectivity index (χ0n) is 11.4. The SMILES string of the molecule is CCC(=O)C(C)c1nc(-c2cccc(C(F)(F)F)c2)no1. The lowest BCUT2D eigenvalue weighted by molar-refractivity contribution is -0.137. The van der Waals surface area contributed by atoms with E-state index in [1.54, 1.807) is 13.8 Å². The summed E-state index contributed by atoms with van der Waals surface area (Å²) in [6, 6.07) is 4.64. The highest BCUT2D eigenvalue weighted by atomic mass is 19.4. The molecule has 0 saturated carbocycles. The number of rotatable bonds is 4. The molecule has 1 aromatic carbocycles. The van der Waals surface area contributed by atoms with E-state index in [1.807, 2.05) is 0 Å². The molecule has 0 aliphatic rings. The zero-order chi connectivity index (χ0) is 15.6. The van der Waals surface area contributed by atoms with Gasteiger partial charge in [0.25, 0.3) is 0 Å². The molecule has 7 heteroatoms. The average Bonchev–Trinajstić information content (AvgIpc) is 2.94. The van der Waals surface area contributed by atoms with E-state index in [9.17, 15) is 18.0 Å². The number of hydrogen-bond donors (Lipinski definition) is 0. The van der Waals surface area contributed by atoms with Crippen molar-refractivity contribution in [3.8, 4) is 11.4 Å². The summed E-state index contributed by atoms with van der Waals surface area (Å²) < 4.78 is 42.9. The van der Waals surface area contributed by atoms with E-state index < -0.39 is 17.7 Å². The second kappa shape index (κ2) is 5.67. The van der Waals surface area contributed by atoms with Crippen LogP contribution in [-0.2, 0) is 11.0 Å². The van der Waals surface area contributed by atoms with Gasteiger partial charge in [-0.3, -0.25) is 4.79 Å². The molecule has 0 N–H and O–H groups in total. The second-order valence-corrected chi connectivity index (χ2v) is 4.58. The summed E-state index contributed by atoms with van der Waals surface area (Å²) in [6.45, 7) is 3.33. The van der Waals surface area contributed by atoms with E-state index in [0.29, 0.717) is 6.42 Å². The predicted molar refractivity (Wildman–Crippen MR) is 68.4 cm³/mol. The van der Waals surface area contributed by atoms with Gasteiger partial charge in [0.1, 0.15) is 5.78 Å². The van der Waals surface area contributed by atoms with Gasteiger partial charge >= 0.3 is 6.18 Å². The molecule has 1 unspecified atom stereocenters. The normalized spacial score (nSPS) is 13.2. The van der Waals surface area contributed by atoms with Gasteiger partial charge in [-0.05, 0) is 19.1 Å². The second-order valence-electron chi connectivity index (χ2n) is 4.58. The summed E-state index contributed by atoms with van der Waals surface area (Å²) in [4.78, 5) is 15.6. The van der Waals surface area contributed by atoms with Crippen LogP contribution in [0.15, 0.2) is 28.8 Å². The van der Waals surface area contributed by atoms with Gasteiger partial charge in [0.05, 0.1) is 11.5 Å². The Morgan fingerprint density at radius 1 is 1.38 bits per heavy atom. The van der Waals surface area contributed by atoms with Crippen molar-refractivity contribution in [1.29, 1.82) is 0 Å².